The Hall–Kier alpha value is -0.770. The maximum absolute atomic E-state index is 8.95. The second-order valence-corrected chi connectivity index (χ2v) is 5.61. The second kappa shape index (κ2) is 5.53. The molecule has 0 saturated carbocycles. The molecule has 3 N–H and O–H groups in total. The summed E-state index contributed by atoms with van der Waals surface area (Å²) in [6, 6.07) is 0. The standard InChI is InChI=1S/C12H25N3O/c1-12(2,3)14-11(13)15-7-4-5-10(9-15)6-8-16/h10,16H,4-9H2,1-3H3,(H2,13,14). The van der Waals surface area contributed by atoms with Crippen LogP contribution in [-0.2, 0) is 0 Å². The molecule has 0 radical (unpaired) electrons. The Morgan fingerprint density at radius 3 is 2.75 bits per heavy atom. The molecule has 16 heavy (non-hydrogen) atoms. The lowest BCUT2D eigenvalue weighted by Gasteiger charge is -2.34. The van der Waals surface area contributed by atoms with Crippen LogP contribution in [0.1, 0.15) is 40.0 Å². The highest BCUT2D eigenvalue weighted by Gasteiger charge is 2.21. The maximum Gasteiger partial charge on any atom is 0.191 e. The van der Waals surface area contributed by atoms with Crippen molar-refractivity contribution in [3.05, 3.63) is 0 Å². The van der Waals surface area contributed by atoms with Gasteiger partial charge < -0.3 is 15.7 Å². The molecule has 0 aromatic carbocycles. The van der Waals surface area contributed by atoms with Gasteiger partial charge in [-0.25, -0.2) is 4.99 Å². The molecule has 1 atom stereocenters. The summed E-state index contributed by atoms with van der Waals surface area (Å²) >= 11 is 0. The molecule has 0 spiro atoms. The van der Waals surface area contributed by atoms with Gasteiger partial charge in [-0.3, -0.25) is 0 Å². The monoisotopic (exact) mass is 227 g/mol. The number of hydrogen-bond donors (Lipinski definition) is 2. The van der Waals surface area contributed by atoms with E-state index in [1.807, 2.05) is 0 Å². The minimum atomic E-state index is -0.117. The van der Waals surface area contributed by atoms with Crippen molar-refractivity contribution >= 4 is 5.96 Å². The zero-order valence-electron chi connectivity index (χ0n) is 10.7. The van der Waals surface area contributed by atoms with Crippen LogP contribution in [0, 0.1) is 5.92 Å². The number of likely N-dealkylation sites (tertiary alicyclic amines) is 1. The normalized spacial score (nSPS) is 23.6. The lowest BCUT2D eigenvalue weighted by molar-refractivity contribution is 0.196. The summed E-state index contributed by atoms with van der Waals surface area (Å²) in [4.78, 5) is 6.63. The fourth-order valence-electron chi connectivity index (χ4n) is 2.11. The summed E-state index contributed by atoms with van der Waals surface area (Å²) in [5, 5.41) is 8.95. The molecule has 1 heterocycles. The van der Waals surface area contributed by atoms with Crippen molar-refractivity contribution in [3.8, 4) is 0 Å². The quantitative estimate of drug-likeness (QED) is 0.550. The molecule has 1 aliphatic heterocycles. The Morgan fingerprint density at radius 1 is 1.50 bits per heavy atom. The van der Waals surface area contributed by atoms with E-state index in [-0.39, 0.29) is 12.1 Å². The summed E-state index contributed by atoms with van der Waals surface area (Å²) in [5.74, 6) is 1.21. The van der Waals surface area contributed by atoms with Crippen LogP contribution in [0.3, 0.4) is 0 Å². The Bertz CT molecular complexity index is 243. The number of aliphatic hydroxyl groups excluding tert-OH is 1. The van der Waals surface area contributed by atoms with Crippen molar-refractivity contribution in [3.63, 3.8) is 0 Å². The minimum absolute atomic E-state index is 0.117. The van der Waals surface area contributed by atoms with E-state index in [1.165, 1.54) is 6.42 Å². The molecule has 1 rings (SSSR count). The zero-order chi connectivity index (χ0) is 12.2. The van der Waals surface area contributed by atoms with E-state index in [2.05, 4.69) is 30.7 Å². The smallest absolute Gasteiger partial charge is 0.191 e. The number of hydrogen-bond acceptors (Lipinski definition) is 2. The van der Waals surface area contributed by atoms with Crippen LogP contribution < -0.4 is 5.73 Å². The van der Waals surface area contributed by atoms with E-state index in [0.717, 1.165) is 25.9 Å². The largest absolute Gasteiger partial charge is 0.396 e. The molecule has 1 aliphatic rings. The van der Waals surface area contributed by atoms with E-state index in [1.54, 1.807) is 0 Å². The van der Waals surface area contributed by atoms with Crippen LogP contribution in [0.25, 0.3) is 0 Å². The van der Waals surface area contributed by atoms with E-state index in [9.17, 15) is 0 Å². The SMILES string of the molecule is CC(C)(C)N=C(N)N1CCCC(CCO)C1. The highest BCUT2D eigenvalue weighted by molar-refractivity contribution is 5.78. The first-order chi connectivity index (χ1) is 7.42. The minimum Gasteiger partial charge on any atom is -0.396 e. The summed E-state index contributed by atoms with van der Waals surface area (Å²) in [5.41, 5.74) is 5.89. The fourth-order valence-corrected chi connectivity index (χ4v) is 2.11. The first-order valence-electron chi connectivity index (χ1n) is 6.13. The molecule has 94 valence electrons. The van der Waals surface area contributed by atoms with Crippen molar-refractivity contribution in [2.45, 2.75) is 45.6 Å². The average Bonchev–Trinajstić information content (AvgIpc) is 2.16. The first kappa shape index (κ1) is 13.3. The topological polar surface area (TPSA) is 61.8 Å². The van der Waals surface area contributed by atoms with Crippen LogP contribution in [0.4, 0.5) is 0 Å². The lowest BCUT2D eigenvalue weighted by Crippen LogP contribution is -2.45. The molecule has 1 fully saturated rings. The van der Waals surface area contributed by atoms with Gasteiger partial charge in [-0.05, 0) is 46.0 Å². The van der Waals surface area contributed by atoms with Gasteiger partial charge in [-0.1, -0.05) is 0 Å². The van der Waals surface area contributed by atoms with Gasteiger partial charge in [0.1, 0.15) is 0 Å². The predicted octanol–water partition coefficient (Wildman–Crippen LogP) is 1.19. The molecular formula is C12H25N3O. The number of nitrogens with two attached hydrogens (primary N) is 1. The van der Waals surface area contributed by atoms with Gasteiger partial charge in [-0.2, -0.15) is 0 Å². The molecule has 0 aliphatic carbocycles. The average molecular weight is 227 g/mol. The third-order valence-corrected chi connectivity index (χ3v) is 2.83. The molecule has 0 amide bonds. The molecule has 1 saturated heterocycles. The van der Waals surface area contributed by atoms with Gasteiger partial charge in [0.15, 0.2) is 5.96 Å². The lowest BCUT2D eigenvalue weighted by atomic mass is 9.95. The highest BCUT2D eigenvalue weighted by Crippen LogP contribution is 2.19. The Balaban J connectivity index is 2.56. The van der Waals surface area contributed by atoms with Gasteiger partial charge in [-0.15, -0.1) is 0 Å². The van der Waals surface area contributed by atoms with Crippen LogP contribution in [0.2, 0.25) is 0 Å². The number of aliphatic hydroxyl groups is 1. The van der Waals surface area contributed by atoms with Gasteiger partial charge in [0.2, 0.25) is 0 Å². The van der Waals surface area contributed by atoms with E-state index in [0.29, 0.717) is 11.9 Å². The molecule has 1 unspecified atom stereocenters. The number of rotatable bonds is 2. The van der Waals surface area contributed by atoms with Gasteiger partial charge in [0.25, 0.3) is 0 Å². The fraction of sp³-hybridized carbons (Fsp3) is 0.917. The molecule has 0 aromatic heterocycles. The molecular weight excluding hydrogens is 202 g/mol. The number of piperidine rings is 1. The van der Waals surface area contributed by atoms with E-state index in [4.69, 9.17) is 10.8 Å². The summed E-state index contributed by atoms with van der Waals surface area (Å²) in [7, 11) is 0. The van der Waals surface area contributed by atoms with Crippen molar-refractivity contribution in [2.24, 2.45) is 16.6 Å². The van der Waals surface area contributed by atoms with Crippen molar-refractivity contribution in [1.29, 1.82) is 0 Å². The predicted molar refractivity (Wildman–Crippen MR) is 67.4 cm³/mol. The third kappa shape index (κ3) is 4.39. The van der Waals surface area contributed by atoms with Crippen LogP contribution in [0.15, 0.2) is 4.99 Å². The van der Waals surface area contributed by atoms with Crippen LogP contribution in [0.5, 0.6) is 0 Å². The Labute approximate surface area is 98.5 Å². The molecule has 0 aromatic rings. The summed E-state index contributed by atoms with van der Waals surface area (Å²) < 4.78 is 0. The third-order valence-electron chi connectivity index (χ3n) is 2.83. The van der Waals surface area contributed by atoms with Crippen molar-refractivity contribution in [2.75, 3.05) is 19.7 Å². The maximum atomic E-state index is 8.95. The Kier molecular flexibility index (Phi) is 4.59. The van der Waals surface area contributed by atoms with Crippen molar-refractivity contribution < 1.29 is 5.11 Å². The zero-order valence-corrected chi connectivity index (χ0v) is 10.7. The first-order valence-corrected chi connectivity index (χ1v) is 6.13. The highest BCUT2D eigenvalue weighted by atomic mass is 16.3. The van der Waals surface area contributed by atoms with Gasteiger partial charge in [0.05, 0.1) is 5.54 Å². The second-order valence-electron chi connectivity index (χ2n) is 5.61. The summed E-state index contributed by atoms with van der Waals surface area (Å²) in [6.45, 7) is 8.35. The van der Waals surface area contributed by atoms with E-state index >= 15 is 0 Å². The van der Waals surface area contributed by atoms with E-state index < -0.39 is 0 Å². The molecule has 4 nitrogen and oxygen atoms in total. The van der Waals surface area contributed by atoms with Crippen LogP contribution >= 0.6 is 0 Å². The van der Waals surface area contributed by atoms with Crippen LogP contribution in [-0.4, -0.2) is 41.2 Å². The van der Waals surface area contributed by atoms with Gasteiger partial charge in [0, 0.05) is 19.7 Å². The van der Waals surface area contributed by atoms with Gasteiger partial charge >= 0.3 is 0 Å². The number of guanidine groups is 1. The Morgan fingerprint density at radius 2 is 2.19 bits per heavy atom. The number of nitrogens with zero attached hydrogens (tertiary/aromatic N) is 2. The number of aliphatic imine (C=N–C) groups is 1. The summed E-state index contributed by atoms with van der Waals surface area (Å²) in [6.07, 6.45) is 3.21. The molecule has 4 heteroatoms. The molecule has 0 bridgehead atoms. The van der Waals surface area contributed by atoms with Crippen molar-refractivity contribution in [1.82, 2.24) is 4.90 Å².